The summed E-state index contributed by atoms with van der Waals surface area (Å²) in [5, 5.41) is 0. The van der Waals surface area contributed by atoms with Crippen LogP contribution in [0, 0.1) is 0 Å². The SMILES string of the molecule is C=CC(=O)OCCCCOP(=O)(OCCCCC)OCCCCOC(=O)C=C. The number of carbonyl (C=O) groups excluding carboxylic acids is 2. The summed E-state index contributed by atoms with van der Waals surface area (Å²) in [6.45, 7) is 9.77. The molecule has 0 amide bonds. The Morgan fingerprint density at radius 1 is 0.714 bits per heavy atom. The molecule has 8 nitrogen and oxygen atoms in total. The Labute approximate surface area is 167 Å². The monoisotopic (exact) mass is 420 g/mol. The average molecular weight is 420 g/mol. The van der Waals surface area contributed by atoms with Gasteiger partial charge in [0.05, 0.1) is 33.0 Å². The van der Waals surface area contributed by atoms with E-state index in [-0.39, 0.29) is 26.4 Å². The van der Waals surface area contributed by atoms with Crippen molar-refractivity contribution >= 4 is 19.8 Å². The minimum atomic E-state index is -3.65. The maximum absolute atomic E-state index is 12.7. The Bertz CT molecular complexity index is 470. The van der Waals surface area contributed by atoms with E-state index in [1.807, 2.05) is 0 Å². The first kappa shape index (κ1) is 26.5. The normalized spacial score (nSPS) is 11.0. The van der Waals surface area contributed by atoms with Gasteiger partial charge in [-0.3, -0.25) is 13.6 Å². The molecule has 0 saturated carbocycles. The lowest BCUT2D eigenvalue weighted by Crippen LogP contribution is -2.07. The van der Waals surface area contributed by atoms with Gasteiger partial charge >= 0.3 is 19.8 Å². The van der Waals surface area contributed by atoms with Crippen LogP contribution < -0.4 is 0 Å². The molecule has 0 radical (unpaired) electrons. The number of rotatable bonds is 19. The highest BCUT2D eigenvalue weighted by Gasteiger charge is 2.26. The summed E-state index contributed by atoms with van der Waals surface area (Å²) in [5.74, 6) is -0.957. The van der Waals surface area contributed by atoms with Crippen molar-refractivity contribution < 1.29 is 37.2 Å². The molecule has 0 atom stereocenters. The Morgan fingerprint density at radius 3 is 1.43 bits per heavy atom. The number of ether oxygens (including phenoxy) is 2. The van der Waals surface area contributed by atoms with E-state index in [1.165, 1.54) is 0 Å². The number of unbranched alkanes of at least 4 members (excludes halogenated alkanes) is 4. The number of phosphoric acid groups is 1. The number of carbonyl (C=O) groups is 2. The molecule has 0 aromatic heterocycles. The van der Waals surface area contributed by atoms with E-state index in [0.29, 0.717) is 32.3 Å². The Kier molecular flexibility index (Phi) is 16.7. The van der Waals surface area contributed by atoms with Crippen LogP contribution in [-0.2, 0) is 37.2 Å². The molecule has 0 aliphatic carbocycles. The van der Waals surface area contributed by atoms with Crippen LogP contribution in [0.5, 0.6) is 0 Å². The first-order valence-corrected chi connectivity index (χ1v) is 11.1. The highest BCUT2D eigenvalue weighted by Crippen LogP contribution is 2.49. The van der Waals surface area contributed by atoms with Crippen molar-refractivity contribution in [1.29, 1.82) is 0 Å². The zero-order valence-electron chi connectivity index (χ0n) is 16.8. The predicted octanol–water partition coefficient (Wildman–Crippen LogP) is 4.35. The Morgan fingerprint density at radius 2 is 1.07 bits per heavy atom. The van der Waals surface area contributed by atoms with Gasteiger partial charge in [-0.05, 0) is 32.1 Å². The first-order valence-electron chi connectivity index (χ1n) is 9.59. The van der Waals surface area contributed by atoms with Crippen molar-refractivity contribution in [2.45, 2.75) is 51.9 Å². The van der Waals surface area contributed by atoms with E-state index in [9.17, 15) is 14.2 Å². The zero-order valence-corrected chi connectivity index (χ0v) is 17.7. The standard InChI is InChI=1S/C19H33O8P/c1-4-7-8-15-25-28(22,26-16-11-9-13-23-18(20)5-2)27-17-12-10-14-24-19(21)6-3/h5-6H,2-4,7-17H2,1H3. The maximum atomic E-state index is 12.7. The first-order chi connectivity index (χ1) is 13.5. The van der Waals surface area contributed by atoms with Crippen molar-refractivity contribution in [3.63, 3.8) is 0 Å². The van der Waals surface area contributed by atoms with Gasteiger partial charge < -0.3 is 9.47 Å². The number of phosphoric ester groups is 1. The molecule has 0 aliphatic rings. The van der Waals surface area contributed by atoms with Gasteiger partial charge in [0.15, 0.2) is 0 Å². The summed E-state index contributed by atoms with van der Waals surface area (Å²) in [7, 11) is -3.65. The highest BCUT2D eigenvalue weighted by molar-refractivity contribution is 7.48. The van der Waals surface area contributed by atoms with Gasteiger partial charge in [-0.1, -0.05) is 32.9 Å². The highest BCUT2D eigenvalue weighted by atomic mass is 31.2. The van der Waals surface area contributed by atoms with E-state index < -0.39 is 19.8 Å². The van der Waals surface area contributed by atoms with Crippen LogP contribution in [0.2, 0.25) is 0 Å². The summed E-state index contributed by atoms with van der Waals surface area (Å²) in [6.07, 6.45) is 7.13. The molecule has 0 aromatic carbocycles. The molecule has 0 unspecified atom stereocenters. The summed E-state index contributed by atoms with van der Waals surface area (Å²) >= 11 is 0. The third-order valence-electron chi connectivity index (χ3n) is 3.40. The minimum absolute atomic E-state index is 0.160. The predicted molar refractivity (Wildman–Crippen MR) is 106 cm³/mol. The van der Waals surface area contributed by atoms with Crippen LogP contribution in [0.15, 0.2) is 25.3 Å². The molecule has 0 N–H and O–H groups in total. The van der Waals surface area contributed by atoms with Gasteiger partial charge in [0.2, 0.25) is 0 Å². The Hall–Kier alpha value is -1.47. The van der Waals surface area contributed by atoms with Gasteiger partial charge in [-0.15, -0.1) is 0 Å². The van der Waals surface area contributed by atoms with Gasteiger partial charge in [-0.2, -0.15) is 0 Å². The fraction of sp³-hybridized carbons (Fsp3) is 0.684. The molecule has 0 rings (SSSR count). The summed E-state index contributed by atoms with van der Waals surface area (Å²) in [4.78, 5) is 21.9. The van der Waals surface area contributed by atoms with E-state index >= 15 is 0 Å². The molecule has 0 aliphatic heterocycles. The van der Waals surface area contributed by atoms with Crippen molar-refractivity contribution in [2.24, 2.45) is 0 Å². The molecular weight excluding hydrogens is 387 g/mol. The molecule has 0 bridgehead atoms. The molecule has 0 aromatic rings. The van der Waals surface area contributed by atoms with Crippen molar-refractivity contribution in [3.8, 4) is 0 Å². The number of esters is 2. The van der Waals surface area contributed by atoms with E-state index in [1.54, 1.807) is 0 Å². The van der Waals surface area contributed by atoms with Crippen LogP contribution in [-0.4, -0.2) is 45.0 Å². The number of hydrogen-bond donors (Lipinski definition) is 0. The van der Waals surface area contributed by atoms with E-state index in [4.69, 9.17) is 23.0 Å². The third kappa shape index (κ3) is 15.6. The molecule has 0 spiro atoms. The lowest BCUT2D eigenvalue weighted by molar-refractivity contribution is -0.138. The third-order valence-corrected chi connectivity index (χ3v) is 4.89. The maximum Gasteiger partial charge on any atom is 0.474 e. The van der Waals surface area contributed by atoms with Crippen LogP contribution in [0.25, 0.3) is 0 Å². The van der Waals surface area contributed by atoms with Crippen LogP contribution >= 0.6 is 7.82 Å². The summed E-state index contributed by atoms with van der Waals surface area (Å²) in [5.41, 5.74) is 0. The molecule has 28 heavy (non-hydrogen) atoms. The number of hydrogen-bond acceptors (Lipinski definition) is 8. The zero-order chi connectivity index (χ0) is 21.1. The van der Waals surface area contributed by atoms with Crippen molar-refractivity contribution in [2.75, 3.05) is 33.0 Å². The second-order valence-electron chi connectivity index (χ2n) is 5.81. The fourth-order valence-electron chi connectivity index (χ4n) is 1.86. The minimum Gasteiger partial charge on any atom is -0.463 e. The smallest absolute Gasteiger partial charge is 0.463 e. The van der Waals surface area contributed by atoms with Gasteiger partial charge in [-0.25, -0.2) is 14.2 Å². The lowest BCUT2D eigenvalue weighted by Gasteiger charge is -2.18. The molecule has 0 heterocycles. The molecular formula is C19H33O8P. The quantitative estimate of drug-likeness (QED) is 0.132. The van der Waals surface area contributed by atoms with Gasteiger partial charge in [0, 0.05) is 12.2 Å². The Balaban J connectivity index is 4.14. The van der Waals surface area contributed by atoms with Crippen LogP contribution in [0.1, 0.15) is 51.9 Å². The molecule has 0 fully saturated rings. The van der Waals surface area contributed by atoms with Crippen LogP contribution in [0.3, 0.4) is 0 Å². The largest absolute Gasteiger partial charge is 0.474 e. The second kappa shape index (κ2) is 17.6. The van der Waals surface area contributed by atoms with Crippen LogP contribution in [0.4, 0.5) is 0 Å². The second-order valence-corrected chi connectivity index (χ2v) is 7.48. The van der Waals surface area contributed by atoms with Gasteiger partial charge in [0.1, 0.15) is 0 Å². The summed E-state index contributed by atoms with van der Waals surface area (Å²) < 4.78 is 38.5. The fourth-order valence-corrected chi connectivity index (χ4v) is 3.15. The van der Waals surface area contributed by atoms with E-state index in [0.717, 1.165) is 31.4 Å². The van der Waals surface area contributed by atoms with Gasteiger partial charge in [0.25, 0.3) is 0 Å². The van der Waals surface area contributed by atoms with Crippen molar-refractivity contribution in [3.05, 3.63) is 25.3 Å². The molecule has 162 valence electrons. The molecule has 0 saturated heterocycles. The van der Waals surface area contributed by atoms with Crippen molar-refractivity contribution in [1.82, 2.24) is 0 Å². The topological polar surface area (TPSA) is 97.4 Å². The lowest BCUT2D eigenvalue weighted by atomic mass is 10.3. The molecule has 9 heteroatoms. The summed E-state index contributed by atoms with van der Waals surface area (Å²) in [6, 6.07) is 0. The van der Waals surface area contributed by atoms with E-state index in [2.05, 4.69) is 20.1 Å². The average Bonchev–Trinajstić information content (AvgIpc) is 2.70.